The van der Waals surface area contributed by atoms with Gasteiger partial charge in [0.25, 0.3) is 0 Å². The van der Waals surface area contributed by atoms with E-state index in [0.717, 1.165) is 30.6 Å². The molecule has 1 aliphatic rings. The number of anilines is 2. The van der Waals surface area contributed by atoms with E-state index in [4.69, 9.17) is 5.26 Å². The number of nitrogens with one attached hydrogen (secondary N) is 1. The van der Waals surface area contributed by atoms with Crippen LogP contribution in [0.2, 0.25) is 0 Å². The Morgan fingerprint density at radius 1 is 1.43 bits per heavy atom. The molecule has 0 radical (unpaired) electrons. The predicted molar refractivity (Wildman–Crippen MR) is 89.2 cm³/mol. The van der Waals surface area contributed by atoms with Crippen LogP contribution in [0.4, 0.5) is 15.1 Å². The highest BCUT2D eigenvalue weighted by Crippen LogP contribution is 2.28. The molecular weight excluding hydrogens is 313 g/mol. The number of carbonyl (C=O) groups is 1. The third-order valence-corrected chi connectivity index (χ3v) is 4.73. The van der Waals surface area contributed by atoms with Gasteiger partial charge < -0.3 is 10.2 Å². The maximum absolute atomic E-state index is 13.3. The molecule has 0 saturated heterocycles. The number of aryl methyl sites for hydroxylation is 1. The van der Waals surface area contributed by atoms with Crippen molar-refractivity contribution in [2.45, 2.75) is 19.3 Å². The van der Waals surface area contributed by atoms with Gasteiger partial charge >= 0.3 is 0 Å². The van der Waals surface area contributed by atoms with Crippen molar-refractivity contribution in [3.8, 4) is 6.07 Å². The number of hydrogen-bond donors (Lipinski definition) is 1. The van der Waals surface area contributed by atoms with Gasteiger partial charge in [-0.05, 0) is 48.1 Å². The maximum atomic E-state index is 13.3. The molecule has 1 aliphatic heterocycles. The molecule has 4 nitrogen and oxygen atoms in total. The van der Waals surface area contributed by atoms with E-state index in [2.05, 4.69) is 16.3 Å². The van der Waals surface area contributed by atoms with Gasteiger partial charge in [-0.25, -0.2) is 4.39 Å². The minimum atomic E-state index is -0.218. The van der Waals surface area contributed by atoms with Crippen LogP contribution in [0.25, 0.3) is 0 Å². The molecule has 2 aromatic rings. The summed E-state index contributed by atoms with van der Waals surface area (Å²) >= 11 is 1.34. The van der Waals surface area contributed by atoms with E-state index in [1.165, 1.54) is 17.4 Å². The summed E-state index contributed by atoms with van der Waals surface area (Å²) in [6.07, 6.45) is 2.16. The second-order valence-electron chi connectivity index (χ2n) is 5.44. The maximum Gasteiger partial charge on any atom is 0.226 e. The Balaban J connectivity index is 1.61. The molecule has 0 atom stereocenters. The Kier molecular flexibility index (Phi) is 4.58. The molecule has 3 rings (SSSR count). The molecule has 118 valence electrons. The van der Waals surface area contributed by atoms with E-state index < -0.39 is 0 Å². The number of rotatable bonds is 4. The van der Waals surface area contributed by atoms with Crippen molar-refractivity contribution >= 4 is 27.9 Å². The summed E-state index contributed by atoms with van der Waals surface area (Å²) in [5, 5.41) is 14.1. The SMILES string of the molecule is N#Cc1ccsc1NC(=O)CCN1CCCc2cc(F)ccc21. The molecule has 0 spiro atoms. The zero-order valence-corrected chi connectivity index (χ0v) is 13.3. The average Bonchev–Trinajstić information content (AvgIpc) is 2.99. The minimum Gasteiger partial charge on any atom is -0.371 e. The predicted octanol–water partition coefficient (Wildman–Crippen LogP) is 3.54. The lowest BCUT2D eigenvalue weighted by Gasteiger charge is -2.31. The van der Waals surface area contributed by atoms with Crippen LogP contribution in [0.15, 0.2) is 29.6 Å². The van der Waals surface area contributed by atoms with Crippen LogP contribution >= 0.6 is 11.3 Å². The van der Waals surface area contributed by atoms with Crippen molar-refractivity contribution < 1.29 is 9.18 Å². The summed E-state index contributed by atoms with van der Waals surface area (Å²) in [5.74, 6) is -0.330. The Labute approximate surface area is 138 Å². The Bertz CT molecular complexity index is 765. The molecule has 6 heteroatoms. The van der Waals surface area contributed by atoms with Gasteiger partial charge in [0.05, 0.1) is 5.56 Å². The summed E-state index contributed by atoms with van der Waals surface area (Å²) < 4.78 is 13.3. The Hall–Kier alpha value is -2.39. The summed E-state index contributed by atoms with van der Waals surface area (Å²) in [7, 11) is 0. The van der Waals surface area contributed by atoms with Gasteiger partial charge in [-0.1, -0.05) is 0 Å². The molecule has 1 aromatic heterocycles. The Morgan fingerprint density at radius 2 is 2.30 bits per heavy atom. The second kappa shape index (κ2) is 6.80. The van der Waals surface area contributed by atoms with Crippen molar-refractivity contribution in [2.75, 3.05) is 23.3 Å². The third kappa shape index (κ3) is 3.51. The molecule has 0 bridgehead atoms. The second-order valence-corrected chi connectivity index (χ2v) is 6.35. The minimum absolute atomic E-state index is 0.113. The highest BCUT2D eigenvalue weighted by atomic mass is 32.1. The van der Waals surface area contributed by atoms with E-state index in [-0.39, 0.29) is 11.7 Å². The van der Waals surface area contributed by atoms with Gasteiger partial charge in [-0.2, -0.15) is 5.26 Å². The summed E-state index contributed by atoms with van der Waals surface area (Å²) in [4.78, 5) is 14.2. The zero-order chi connectivity index (χ0) is 16.2. The average molecular weight is 329 g/mol. The van der Waals surface area contributed by atoms with Gasteiger partial charge in [0.1, 0.15) is 16.9 Å². The topological polar surface area (TPSA) is 56.1 Å². The standard InChI is InChI=1S/C17H16FN3OS/c18-14-3-4-15-12(10-14)2-1-7-21(15)8-5-16(22)20-17-13(11-19)6-9-23-17/h3-4,6,9-10H,1-2,5,7-8H2,(H,20,22). The lowest BCUT2D eigenvalue weighted by atomic mass is 10.0. The van der Waals surface area contributed by atoms with Crippen LogP contribution in [0.5, 0.6) is 0 Å². The molecule has 0 unspecified atom stereocenters. The van der Waals surface area contributed by atoms with E-state index in [1.54, 1.807) is 23.6 Å². The van der Waals surface area contributed by atoms with Crippen LogP contribution in [-0.4, -0.2) is 19.0 Å². The van der Waals surface area contributed by atoms with Crippen LogP contribution in [-0.2, 0) is 11.2 Å². The lowest BCUT2D eigenvalue weighted by molar-refractivity contribution is -0.116. The van der Waals surface area contributed by atoms with E-state index in [1.807, 2.05) is 0 Å². The number of nitrogens with zero attached hydrogens (tertiary/aromatic N) is 2. The molecule has 0 saturated carbocycles. The third-order valence-electron chi connectivity index (χ3n) is 3.90. The lowest BCUT2D eigenvalue weighted by Crippen LogP contribution is -2.32. The van der Waals surface area contributed by atoms with Crippen molar-refractivity contribution in [2.24, 2.45) is 0 Å². The van der Waals surface area contributed by atoms with E-state index >= 15 is 0 Å². The van der Waals surface area contributed by atoms with Crippen LogP contribution in [0.1, 0.15) is 24.0 Å². The van der Waals surface area contributed by atoms with Crippen LogP contribution in [0.3, 0.4) is 0 Å². The van der Waals surface area contributed by atoms with Crippen LogP contribution in [0, 0.1) is 17.1 Å². The monoisotopic (exact) mass is 329 g/mol. The normalized spacial score (nSPS) is 13.3. The number of fused-ring (bicyclic) bond motifs is 1. The van der Waals surface area contributed by atoms with Gasteiger partial charge in [-0.15, -0.1) is 11.3 Å². The first-order valence-corrected chi connectivity index (χ1v) is 8.36. The molecule has 1 amide bonds. The number of benzene rings is 1. The van der Waals surface area contributed by atoms with Crippen molar-refractivity contribution in [3.63, 3.8) is 0 Å². The molecule has 0 aliphatic carbocycles. The largest absolute Gasteiger partial charge is 0.371 e. The number of hydrogen-bond acceptors (Lipinski definition) is 4. The highest BCUT2D eigenvalue weighted by Gasteiger charge is 2.18. The quantitative estimate of drug-likeness (QED) is 0.933. The zero-order valence-electron chi connectivity index (χ0n) is 12.5. The highest BCUT2D eigenvalue weighted by molar-refractivity contribution is 7.14. The molecular formula is C17H16FN3OS. The molecule has 2 heterocycles. The van der Waals surface area contributed by atoms with Gasteiger partial charge in [0.15, 0.2) is 0 Å². The summed E-state index contributed by atoms with van der Waals surface area (Å²) in [6.45, 7) is 1.45. The van der Waals surface area contributed by atoms with Gasteiger partial charge in [-0.3, -0.25) is 4.79 Å². The van der Waals surface area contributed by atoms with Crippen molar-refractivity contribution in [3.05, 3.63) is 46.6 Å². The first kappa shape index (κ1) is 15.5. The summed E-state index contributed by atoms with van der Waals surface area (Å²) in [5.41, 5.74) is 2.50. The molecule has 0 fully saturated rings. The first-order chi connectivity index (χ1) is 11.2. The number of amides is 1. The fraction of sp³-hybridized carbons (Fsp3) is 0.294. The number of thiophene rings is 1. The van der Waals surface area contributed by atoms with Crippen molar-refractivity contribution in [1.82, 2.24) is 0 Å². The van der Waals surface area contributed by atoms with Gasteiger partial charge in [0, 0.05) is 25.2 Å². The molecule has 1 aromatic carbocycles. The van der Waals surface area contributed by atoms with Gasteiger partial charge in [0.2, 0.25) is 5.91 Å². The molecule has 23 heavy (non-hydrogen) atoms. The van der Waals surface area contributed by atoms with Crippen LogP contribution < -0.4 is 10.2 Å². The Morgan fingerprint density at radius 3 is 3.13 bits per heavy atom. The number of halogens is 1. The fourth-order valence-electron chi connectivity index (χ4n) is 2.80. The first-order valence-electron chi connectivity index (χ1n) is 7.48. The number of carbonyl (C=O) groups excluding carboxylic acids is 1. The van der Waals surface area contributed by atoms with Crippen molar-refractivity contribution in [1.29, 1.82) is 5.26 Å². The molecule has 1 N–H and O–H groups in total. The smallest absolute Gasteiger partial charge is 0.226 e. The summed E-state index contributed by atoms with van der Waals surface area (Å²) in [6, 6.07) is 8.57. The van der Waals surface area contributed by atoms with E-state index in [0.29, 0.717) is 23.5 Å². The fourth-order valence-corrected chi connectivity index (χ4v) is 3.55. The number of nitriles is 1. The van der Waals surface area contributed by atoms with E-state index in [9.17, 15) is 9.18 Å².